The minimum absolute atomic E-state index is 0.233. The first-order chi connectivity index (χ1) is 12.1. The fraction of sp³-hybridized carbons (Fsp3) is 0.300. The van der Waals surface area contributed by atoms with Gasteiger partial charge < -0.3 is 14.8 Å². The number of esters is 1. The molecule has 132 valence electrons. The SMILES string of the molecule is CCc1cccc(CC)c1NC(=O)COC(=O)COc1ccccc1. The number of carbonyl (C=O) groups excluding carboxylic acids is 2. The van der Waals surface area contributed by atoms with Crippen molar-refractivity contribution in [3.63, 3.8) is 0 Å². The molecule has 1 amide bonds. The van der Waals surface area contributed by atoms with Gasteiger partial charge in [0.05, 0.1) is 0 Å². The fourth-order valence-corrected chi connectivity index (χ4v) is 2.43. The van der Waals surface area contributed by atoms with E-state index in [-0.39, 0.29) is 19.1 Å². The Hall–Kier alpha value is -2.82. The van der Waals surface area contributed by atoms with Crippen molar-refractivity contribution < 1.29 is 19.1 Å². The zero-order valence-corrected chi connectivity index (χ0v) is 14.6. The average molecular weight is 341 g/mol. The van der Waals surface area contributed by atoms with Crippen molar-refractivity contribution in [2.24, 2.45) is 0 Å². The van der Waals surface area contributed by atoms with Gasteiger partial charge in [0, 0.05) is 5.69 Å². The summed E-state index contributed by atoms with van der Waals surface area (Å²) in [6.45, 7) is 3.50. The first kappa shape index (κ1) is 18.5. The lowest BCUT2D eigenvalue weighted by atomic mass is 10.0. The van der Waals surface area contributed by atoms with E-state index in [1.54, 1.807) is 12.1 Å². The molecular weight excluding hydrogens is 318 g/mol. The molecule has 5 nitrogen and oxygen atoms in total. The molecule has 0 saturated carbocycles. The Labute approximate surface area is 148 Å². The summed E-state index contributed by atoms with van der Waals surface area (Å²) in [5, 5.41) is 2.85. The molecular formula is C20H23NO4. The Kier molecular flexibility index (Phi) is 7.01. The minimum Gasteiger partial charge on any atom is -0.482 e. The van der Waals surface area contributed by atoms with Crippen LogP contribution in [0.25, 0.3) is 0 Å². The maximum Gasteiger partial charge on any atom is 0.344 e. The largest absolute Gasteiger partial charge is 0.482 e. The number of aryl methyl sites for hydroxylation is 2. The molecule has 0 spiro atoms. The van der Waals surface area contributed by atoms with E-state index in [9.17, 15) is 9.59 Å². The van der Waals surface area contributed by atoms with Crippen molar-refractivity contribution in [1.29, 1.82) is 0 Å². The predicted molar refractivity (Wildman–Crippen MR) is 96.7 cm³/mol. The molecule has 2 rings (SSSR count). The monoisotopic (exact) mass is 341 g/mol. The number of para-hydroxylation sites is 2. The second-order valence-electron chi connectivity index (χ2n) is 5.47. The topological polar surface area (TPSA) is 64.6 Å². The maximum atomic E-state index is 12.1. The number of ether oxygens (including phenoxy) is 2. The van der Waals surface area contributed by atoms with Gasteiger partial charge >= 0.3 is 5.97 Å². The summed E-state index contributed by atoms with van der Waals surface area (Å²) in [6, 6.07) is 14.9. The first-order valence-electron chi connectivity index (χ1n) is 8.38. The number of hydrogen-bond donors (Lipinski definition) is 1. The number of benzene rings is 2. The quantitative estimate of drug-likeness (QED) is 0.748. The molecule has 0 aliphatic rings. The van der Waals surface area contributed by atoms with Crippen molar-refractivity contribution >= 4 is 17.6 Å². The second kappa shape index (κ2) is 9.47. The maximum absolute atomic E-state index is 12.1. The van der Waals surface area contributed by atoms with Crippen LogP contribution < -0.4 is 10.1 Å². The molecule has 0 saturated heterocycles. The number of hydrogen-bond acceptors (Lipinski definition) is 4. The van der Waals surface area contributed by atoms with Gasteiger partial charge in [-0.3, -0.25) is 4.79 Å². The summed E-state index contributed by atoms with van der Waals surface area (Å²) in [5.41, 5.74) is 2.94. The van der Waals surface area contributed by atoms with Crippen LogP contribution in [0.2, 0.25) is 0 Å². The first-order valence-corrected chi connectivity index (χ1v) is 8.38. The van der Waals surface area contributed by atoms with Gasteiger partial charge in [0.25, 0.3) is 5.91 Å². The van der Waals surface area contributed by atoms with Gasteiger partial charge in [-0.1, -0.05) is 50.2 Å². The average Bonchev–Trinajstić information content (AvgIpc) is 2.65. The van der Waals surface area contributed by atoms with Crippen LogP contribution in [0.4, 0.5) is 5.69 Å². The number of rotatable bonds is 8. The molecule has 1 N–H and O–H groups in total. The van der Waals surface area contributed by atoms with Gasteiger partial charge in [0.15, 0.2) is 13.2 Å². The summed E-state index contributed by atoms with van der Waals surface area (Å²) in [6.07, 6.45) is 1.63. The Morgan fingerprint density at radius 2 is 1.52 bits per heavy atom. The highest BCUT2D eigenvalue weighted by Crippen LogP contribution is 2.22. The van der Waals surface area contributed by atoms with Crippen LogP contribution in [0.5, 0.6) is 5.75 Å². The van der Waals surface area contributed by atoms with Crippen LogP contribution in [0, 0.1) is 0 Å². The number of nitrogens with one attached hydrogen (secondary N) is 1. The van der Waals surface area contributed by atoms with E-state index in [0.717, 1.165) is 29.7 Å². The zero-order valence-electron chi connectivity index (χ0n) is 14.6. The summed E-state index contributed by atoms with van der Waals surface area (Å²) >= 11 is 0. The highest BCUT2D eigenvalue weighted by molar-refractivity contribution is 5.94. The number of carbonyl (C=O) groups is 2. The predicted octanol–water partition coefficient (Wildman–Crippen LogP) is 3.37. The summed E-state index contributed by atoms with van der Waals surface area (Å²) < 4.78 is 10.3. The van der Waals surface area contributed by atoms with Crippen molar-refractivity contribution in [3.8, 4) is 5.75 Å². The third-order valence-corrected chi connectivity index (χ3v) is 3.73. The van der Waals surface area contributed by atoms with Gasteiger partial charge in [0.1, 0.15) is 5.75 Å². The van der Waals surface area contributed by atoms with Crippen LogP contribution >= 0.6 is 0 Å². The molecule has 2 aromatic carbocycles. The van der Waals surface area contributed by atoms with E-state index in [2.05, 4.69) is 5.32 Å². The summed E-state index contributed by atoms with van der Waals surface area (Å²) in [4.78, 5) is 23.8. The van der Waals surface area contributed by atoms with Gasteiger partial charge in [-0.25, -0.2) is 4.79 Å². The van der Waals surface area contributed by atoms with E-state index in [1.165, 1.54) is 0 Å². The molecule has 0 heterocycles. The van der Waals surface area contributed by atoms with Crippen LogP contribution in [0.3, 0.4) is 0 Å². The van der Waals surface area contributed by atoms with Gasteiger partial charge in [-0.15, -0.1) is 0 Å². The lowest BCUT2D eigenvalue weighted by Crippen LogP contribution is -2.24. The van der Waals surface area contributed by atoms with Crippen molar-refractivity contribution in [2.45, 2.75) is 26.7 Å². The zero-order chi connectivity index (χ0) is 18.1. The van der Waals surface area contributed by atoms with E-state index in [0.29, 0.717) is 5.75 Å². The molecule has 5 heteroatoms. The molecule has 0 bridgehead atoms. The van der Waals surface area contributed by atoms with E-state index < -0.39 is 5.97 Å². The molecule has 0 radical (unpaired) electrons. The lowest BCUT2D eigenvalue weighted by molar-refractivity contribution is -0.149. The summed E-state index contributed by atoms with van der Waals surface area (Å²) in [5.74, 6) is -0.365. The van der Waals surface area contributed by atoms with Crippen molar-refractivity contribution in [2.75, 3.05) is 18.5 Å². The fourth-order valence-electron chi connectivity index (χ4n) is 2.43. The van der Waals surface area contributed by atoms with E-state index in [1.807, 2.05) is 50.2 Å². The third-order valence-electron chi connectivity index (χ3n) is 3.73. The Morgan fingerprint density at radius 1 is 0.880 bits per heavy atom. The molecule has 0 unspecified atom stereocenters. The highest BCUT2D eigenvalue weighted by Gasteiger charge is 2.12. The van der Waals surface area contributed by atoms with Crippen LogP contribution in [-0.4, -0.2) is 25.1 Å². The molecule has 0 aromatic heterocycles. The number of amides is 1. The van der Waals surface area contributed by atoms with Gasteiger partial charge in [0.2, 0.25) is 0 Å². The molecule has 0 aliphatic carbocycles. The Morgan fingerprint density at radius 3 is 2.12 bits per heavy atom. The number of anilines is 1. The molecule has 0 atom stereocenters. The smallest absolute Gasteiger partial charge is 0.344 e. The van der Waals surface area contributed by atoms with Crippen molar-refractivity contribution in [3.05, 3.63) is 59.7 Å². The van der Waals surface area contributed by atoms with Crippen molar-refractivity contribution in [1.82, 2.24) is 0 Å². The Balaban J connectivity index is 1.83. The second-order valence-corrected chi connectivity index (χ2v) is 5.47. The third kappa shape index (κ3) is 5.64. The summed E-state index contributed by atoms with van der Waals surface area (Å²) in [7, 11) is 0. The molecule has 0 fully saturated rings. The van der Waals surface area contributed by atoms with Crippen LogP contribution in [-0.2, 0) is 27.2 Å². The van der Waals surface area contributed by atoms with Crippen LogP contribution in [0.15, 0.2) is 48.5 Å². The van der Waals surface area contributed by atoms with Gasteiger partial charge in [-0.2, -0.15) is 0 Å². The van der Waals surface area contributed by atoms with Crippen LogP contribution in [0.1, 0.15) is 25.0 Å². The lowest BCUT2D eigenvalue weighted by Gasteiger charge is -2.14. The van der Waals surface area contributed by atoms with E-state index >= 15 is 0 Å². The van der Waals surface area contributed by atoms with E-state index in [4.69, 9.17) is 9.47 Å². The normalized spacial score (nSPS) is 10.2. The standard InChI is InChI=1S/C20H23NO4/c1-3-15-9-8-10-16(4-2)20(15)21-18(22)13-25-19(23)14-24-17-11-6-5-7-12-17/h5-12H,3-4,13-14H2,1-2H3,(H,21,22). The molecule has 2 aromatic rings. The molecule has 0 aliphatic heterocycles. The minimum atomic E-state index is -0.585. The Bertz CT molecular complexity index is 691. The van der Waals surface area contributed by atoms with Gasteiger partial charge in [-0.05, 0) is 36.1 Å². The highest BCUT2D eigenvalue weighted by atomic mass is 16.6. The molecule has 25 heavy (non-hydrogen) atoms.